The van der Waals surface area contributed by atoms with Crippen molar-refractivity contribution in [3.63, 3.8) is 0 Å². The van der Waals surface area contributed by atoms with Crippen molar-refractivity contribution in [2.24, 2.45) is 0 Å². The van der Waals surface area contributed by atoms with Crippen LogP contribution in [0.4, 0.5) is 0 Å². The van der Waals surface area contributed by atoms with E-state index in [9.17, 15) is 24.2 Å². The predicted molar refractivity (Wildman–Crippen MR) is 228 cm³/mol. The van der Waals surface area contributed by atoms with E-state index < -0.39 is 51.8 Å². The zero-order valence-electron chi connectivity index (χ0n) is 34.8. The minimum atomic E-state index is -4.63. The molecule has 0 aromatic rings. The number of carbonyl (C=O) groups excluding carboxylic acids is 2. The molecule has 1 unspecified atom stereocenters. The highest BCUT2D eigenvalue weighted by Gasteiger charge is 2.27. The van der Waals surface area contributed by atoms with Crippen molar-refractivity contribution in [2.75, 3.05) is 26.4 Å². The maximum absolute atomic E-state index is 12.6. The number of unbranched alkanes of at least 4 members (excludes halogenated alkanes) is 13. The SMILES string of the molecule is CC/C=C/C/C=C/C/C=C/C/C=C/C/C=C/CCCCCC(=O)O[C@H](COC(=O)CCCCCCC/C=C/CCCCCCC)COP(=O)(O)OC[C@@H](O)CO. The van der Waals surface area contributed by atoms with Crippen LogP contribution in [0, 0.1) is 0 Å². The third kappa shape index (κ3) is 39.6. The Hall–Kier alpha value is -2.59. The van der Waals surface area contributed by atoms with Crippen LogP contribution in [0.15, 0.2) is 72.9 Å². The van der Waals surface area contributed by atoms with Gasteiger partial charge in [-0.2, -0.15) is 0 Å². The lowest BCUT2D eigenvalue weighted by molar-refractivity contribution is -0.161. The number of aliphatic hydroxyl groups is 2. The Labute approximate surface area is 339 Å². The highest BCUT2D eigenvalue weighted by molar-refractivity contribution is 7.47. The summed E-state index contributed by atoms with van der Waals surface area (Å²) in [4.78, 5) is 35.0. The van der Waals surface area contributed by atoms with Crippen LogP contribution < -0.4 is 0 Å². The number of aliphatic hydroxyl groups excluding tert-OH is 2. The van der Waals surface area contributed by atoms with Crippen molar-refractivity contribution < 1.29 is 47.8 Å². The van der Waals surface area contributed by atoms with Crippen LogP contribution in [0.25, 0.3) is 0 Å². The van der Waals surface area contributed by atoms with Gasteiger partial charge in [0.05, 0.1) is 19.8 Å². The topological polar surface area (TPSA) is 149 Å². The number of phosphoric acid groups is 1. The minimum Gasteiger partial charge on any atom is -0.462 e. The Morgan fingerprint density at radius 2 is 0.982 bits per heavy atom. The van der Waals surface area contributed by atoms with Gasteiger partial charge in [-0.15, -0.1) is 0 Å². The van der Waals surface area contributed by atoms with E-state index in [2.05, 4.69) is 91.3 Å². The number of rotatable bonds is 39. The monoisotopic (exact) mass is 809 g/mol. The van der Waals surface area contributed by atoms with Gasteiger partial charge in [0.1, 0.15) is 12.7 Å². The highest BCUT2D eigenvalue weighted by atomic mass is 31.2. The zero-order valence-corrected chi connectivity index (χ0v) is 35.7. The largest absolute Gasteiger partial charge is 0.472 e. The van der Waals surface area contributed by atoms with E-state index in [0.717, 1.165) is 89.9 Å². The fourth-order valence-corrected chi connectivity index (χ4v) is 6.10. The highest BCUT2D eigenvalue weighted by Crippen LogP contribution is 2.43. The van der Waals surface area contributed by atoms with Crippen LogP contribution in [0.3, 0.4) is 0 Å². The molecule has 0 heterocycles. The van der Waals surface area contributed by atoms with Gasteiger partial charge in [-0.05, 0) is 83.5 Å². The van der Waals surface area contributed by atoms with Gasteiger partial charge in [-0.3, -0.25) is 18.6 Å². The van der Waals surface area contributed by atoms with Crippen molar-refractivity contribution in [2.45, 2.75) is 174 Å². The van der Waals surface area contributed by atoms with Crippen LogP contribution in [-0.2, 0) is 32.7 Å². The van der Waals surface area contributed by atoms with Crippen molar-refractivity contribution in [3.8, 4) is 0 Å². The normalized spacial score (nSPS) is 14.6. The van der Waals surface area contributed by atoms with Gasteiger partial charge in [-0.25, -0.2) is 4.57 Å². The number of hydrogen-bond acceptors (Lipinski definition) is 9. The number of carbonyl (C=O) groups is 2. The second kappa shape index (κ2) is 40.6. The number of esters is 2. The maximum atomic E-state index is 12.6. The molecule has 56 heavy (non-hydrogen) atoms. The van der Waals surface area contributed by atoms with Crippen LogP contribution in [0.2, 0.25) is 0 Å². The molecule has 0 aromatic carbocycles. The molecule has 3 N–H and O–H groups in total. The van der Waals surface area contributed by atoms with E-state index in [1.54, 1.807) is 0 Å². The molecule has 0 saturated carbocycles. The second-order valence-electron chi connectivity index (χ2n) is 14.0. The average Bonchev–Trinajstić information content (AvgIpc) is 3.19. The molecule has 0 aliphatic carbocycles. The first-order valence-electron chi connectivity index (χ1n) is 21.4. The third-order valence-corrected chi connectivity index (χ3v) is 9.55. The van der Waals surface area contributed by atoms with E-state index >= 15 is 0 Å². The van der Waals surface area contributed by atoms with Crippen LogP contribution in [-0.4, -0.2) is 65.7 Å². The molecule has 0 rings (SSSR count). The summed E-state index contributed by atoms with van der Waals surface area (Å²) in [5, 5.41) is 18.3. The Morgan fingerprint density at radius 1 is 0.554 bits per heavy atom. The van der Waals surface area contributed by atoms with E-state index in [0.29, 0.717) is 12.8 Å². The molecule has 0 spiro atoms. The van der Waals surface area contributed by atoms with E-state index in [1.165, 1.54) is 32.1 Å². The van der Waals surface area contributed by atoms with Gasteiger partial charge in [0.25, 0.3) is 0 Å². The molecule has 3 atom stereocenters. The lowest BCUT2D eigenvalue weighted by Gasteiger charge is -2.20. The van der Waals surface area contributed by atoms with Crippen LogP contribution >= 0.6 is 7.82 Å². The minimum absolute atomic E-state index is 0.140. The Bertz CT molecular complexity index is 1160. The van der Waals surface area contributed by atoms with Gasteiger partial charge in [0.2, 0.25) is 0 Å². The Morgan fingerprint density at radius 3 is 1.52 bits per heavy atom. The van der Waals surface area contributed by atoms with E-state index in [-0.39, 0.29) is 19.4 Å². The summed E-state index contributed by atoms with van der Waals surface area (Å²) < 4.78 is 32.7. The summed E-state index contributed by atoms with van der Waals surface area (Å²) in [6, 6.07) is 0. The molecule has 0 bridgehead atoms. The summed E-state index contributed by atoms with van der Waals surface area (Å²) in [7, 11) is -4.63. The van der Waals surface area contributed by atoms with Gasteiger partial charge < -0.3 is 24.6 Å². The zero-order chi connectivity index (χ0) is 41.2. The fraction of sp³-hybridized carbons (Fsp3) is 0.689. The van der Waals surface area contributed by atoms with E-state index in [1.807, 2.05) is 0 Å². The van der Waals surface area contributed by atoms with Crippen molar-refractivity contribution >= 4 is 19.8 Å². The van der Waals surface area contributed by atoms with Gasteiger partial charge in [0, 0.05) is 12.8 Å². The number of ether oxygens (including phenoxy) is 2. The summed E-state index contributed by atoms with van der Waals surface area (Å²) in [5.74, 6) is -0.979. The van der Waals surface area contributed by atoms with Gasteiger partial charge in [-0.1, -0.05) is 138 Å². The Balaban J connectivity index is 4.40. The first kappa shape index (κ1) is 53.4. The van der Waals surface area contributed by atoms with Crippen molar-refractivity contribution in [1.82, 2.24) is 0 Å². The van der Waals surface area contributed by atoms with Gasteiger partial charge >= 0.3 is 19.8 Å². The number of hydrogen-bond donors (Lipinski definition) is 3. The van der Waals surface area contributed by atoms with Gasteiger partial charge in [0.15, 0.2) is 6.10 Å². The molecule has 0 fully saturated rings. The molecule has 322 valence electrons. The van der Waals surface area contributed by atoms with Crippen LogP contribution in [0.5, 0.6) is 0 Å². The first-order chi connectivity index (χ1) is 27.2. The molecule has 0 saturated heterocycles. The fourth-order valence-electron chi connectivity index (χ4n) is 5.31. The summed E-state index contributed by atoms with van der Waals surface area (Å²) >= 11 is 0. The summed E-state index contributed by atoms with van der Waals surface area (Å²) in [6.45, 7) is 2.19. The molecule has 11 heteroatoms. The molecule has 0 aliphatic rings. The molecular weight excluding hydrogens is 731 g/mol. The molecule has 0 radical (unpaired) electrons. The molecule has 0 aliphatic heterocycles. The number of phosphoric ester groups is 1. The van der Waals surface area contributed by atoms with Crippen molar-refractivity contribution in [1.29, 1.82) is 0 Å². The molecular formula is C45H77O10P. The third-order valence-electron chi connectivity index (χ3n) is 8.59. The quantitative estimate of drug-likeness (QED) is 0.0237. The second-order valence-corrected chi connectivity index (χ2v) is 15.4. The van der Waals surface area contributed by atoms with Crippen molar-refractivity contribution in [3.05, 3.63) is 72.9 Å². The first-order valence-corrected chi connectivity index (χ1v) is 22.9. The summed E-state index contributed by atoms with van der Waals surface area (Å²) in [5.41, 5.74) is 0. The lowest BCUT2D eigenvalue weighted by atomic mass is 10.1. The Kier molecular flexibility index (Phi) is 38.7. The summed E-state index contributed by atoms with van der Waals surface area (Å²) in [6.07, 6.45) is 45.8. The smallest absolute Gasteiger partial charge is 0.462 e. The molecule has 0 amide bonds. The predicted octanol–water partition coefficient (Wildman–Crippen LogP) is 11.3. The van der Waals surface area contributed by atoms with E-state index in [4.69, 9.17) is 19.1 Å². The number of allylic oxidation sites excluding steroid dienone is 12. The lowest BCUT2D eigenvalue weighted by Crippen LogP contribution is -2.29. The standard InChI is InChI=1S/C45H77O10P/c1-3-5-7-9-11-13-15-17-19-20-21-22-23-25-27-29-31-33-35-37-45(49)55-43(41-54-56(50,51)53-39-42(47)38-46)40-52-44(48)36-34-32-30-28-26-24-18-16-14-12-10-8-6-4-2/h5,7,11,13,16-19,21-22,25,27,42-43,46-47H,3-4,6,8-10,12,14-15,20,23-24,26,28-41H2,1-2H3,(H,50,51)/b7-5+,13-11+,18-16+,19-17+,22-21+,27-25+/t42-,43+/m0/s1. The molecule has 0 aromatic heterocycles. The average molecular weight is 809 g/mol. The van der Waals surface area contributed by atoms with Crippen LogP contribution in [0.1, 0.15) is 162 Å². The molecule has 10 nitrogen and oxygen atoms in total. The maximum Gasteiger partial charge on any atom is 0.472 e.